The Bertz CT molecular complexity index is 742. The van der Waals surface area contributed by atoms with Crippen LogP contribution in [0.25, 0.3) is 0 Å². The fourth-order valence-corrected chi connectivity index (χ4v) is 9.00. The molecule has 3 nitrogen and oxygen atoms in total. The maximum Gasteiger partial charge on any atom is 0.409 e. The van der Waals surface area contributed by atoms with E-state index in [-0.39, 0.29) is 12.2 Å². The number of rotatable bonds is 6. The van der Waals surface area contributed by atoms with Crippen molar-refractivity contribution in [3.05, 3.63) is 11.6 Å². The summed E-state index contributed by atoms with van der Waals surface area (Å²) in [5.41, 5.74) is 2.48. The molecule has 3 saturated carbocycles. The van der Waals surface area contributed by atoms with Crippen LogP contribution < -0.4 is 0 Å². The molecule has 0 heterocycles. The monoisotopic (exact) mass is 457 g/mol. The highest BCUT2D eigenvalue weighted by Crippen LogP contribution is 2.67. The summed E-state index contributed by atoms with van der Waals surface area (Å²) in [7, 11) is 3.55. The van der Waals surface area contributed by atoms with E-state index in [0.29, 0.717) is 10.8 Å². The first-order valence-electron chi connectivity index (χ1n) is 14.1. The van der Waals surface area contributed by atoms with E-state index in [1.54, 1.807) is 24.6 Å². The summed E-state index contributed by atoms with van der Waals surface area (Å²) >= 11 is 0. The Morgan fingerprint density at radius 3 is 2.52 bits per heavy atom. The van der Waals surface area contributed by atoms with Crippen molar-refractivity contribution in [2.45, 2.75) is 111 Å². The van der Waals surface area contributed by atoms with Crippen LogP contribution in [0.4, 0.5) is 4.79 Å². The van der Waals surface area contributed by atoms with Crippen molar-refractivity contribution < 1.29 is 9.53 Å². The highest BCUT2D eigenvalue weighted by atomic mass is 16.6. The van der Waals surface area contributed by atoms with Crippen LogP contribution in [-0.4, -0.2) is 31.2 Å². The lowest BCUT2D eigenvalue weighted by atomic mass is 9.47. The summed E-state index contributed by atoms with van der Waals surface area (Å²) in [5, 5.41) is 0. The summed E-state index contributed by atoms with van der Waals surface area (Å²) in [5.74, 6) is 5.25. The molecule has 0 radical (unpaired) electrons. The molecule has 0 N–H and O–H groups in total. The van der Waals surface area contributed by atoms with Crippen molar-refractivity contribution in [3.63, 3.8) is 0 Å². The van der Waals surface area contributed by atoms with Crippen molar-refractivity contribution >= 4 is 6.09 Å². The minimum atomic E-state index is -0.189. The highest BCUT2D eigenvalue weighted by molar-refractivity contribution is 5.67. The number of carbonyl (C=O) groups is 1. The lowest BCUT2D eigenvalue weighted by Crippen LogP contribution is -2.51. The van der Waals surface area contributed by atoms with Crippen molar-refractivity contribution in [3.8, 4) is 0 Å². The summed E-state index contributed by atoms with van der Waals surface area (Å²) in [6.45, 7) is 12.5. The van der Waals surface area contributed by atoms with Gasteiger partial charge >= 0.3 is 6.09 Å². The van der Waals surface area contributed by atoms with E-state index in [9.17, 15) is 4.79 Å². The molecule has 0 aromatic carbocycles. The number of fused-ring (bicyclic) bond motifs is 5. The van der Waals surface area contributed by atoms with Crippen molar-refractivity contribution in [1.29, 1.82) is 0 Å². The Hall–Kier alpha value is -0.990. The van der Waals surface area contributed by atoms with Gasteiger partial charge in [0.15, 0.2) is 0 Å². The van der Waals surface area contributed by atoms with Gasteiger partial charge in [0.1, 0.15) is 6.10 Å². The molecule has 0 aromatic heterocycles. The van der Waals surface area contributed by atoms with Gasteiger partial charge in [-0.15, -0.1) is 0 Å². The molecular weight excluding hydrogens is 406 g/mol. The van der Waals surface area contributed by atoms with Crippen LogP contribution >= 0.6 is 0 Å². The van der Waals surface area contributed by atoms with E-state index in [4.69, 9.17) is 4.74 Å². The molecule has 4 rings (SSSR count). The maximum atomic E-state index is 12.1. The molecule has 0 bridgehead atoms. The number of ether oxygens (including phenoxy) is 1. The quantitative estimate of drug-likeness (QED) is 0.377. The van der Waals surface area contributed by atoms with Crippen LogP contribution in [0.1, 0.15) is 105 Å². The Balaban J connectivity index is 1.45. The van der Waals surface area contributed by atoms with Crippen molar-refractivity contribution in [1.82, 2.24) is 4.90 Å². The number of carbonyl (C=O) groups excluding carboxylic acids is 1. The summed E-state index contributed by atoms with van der Waals surface area (Å²) < 4.78 is 5.80. The van der Waals surface area contributed by atoms with Crippen LogP contribution in [0.2, 0.25) is 0 Å². The van der Waals surface area contributed by atoms with Crippen molar-refractivity contribution in [2.24, 2.45) is 46.3 Å². The average Bonchev–Trinajstić information content (AvgIpc) is 3.11. The van der Waals surface area contributed by atoms with Crippen LogP contribution in [0, 0.1) is 46.3 Å². The normalized spacial score (nSPS) is 41.0. The van der Waals surface area contributed by atoms with Gasteiger partial charge in [0, 0.05) is 20.5 Å². The zero-order valence-corrected chi connectivity index (χ0v) is 22.7. The molecule has 4 aliphatic rings. The van der Waals surface area contributed by atoms with Gasteiger partial charge in [-0.05, 0) is 91.3 Å². The average molecular weight is 458 g/mol. The van der Waals surface area contributed by atoms with E-state index in [0.717, 1.165) is 48.3 Å². The van der Waals surface area contributed by atoms with E-state index >= 15 is 0 Å². The largest absolute Gasteiger partial charge is 0.446 e. The molecule has 0 aromatic rings. The Labute approximate surface area is 204 Å². The zero-order valence-electron chi connectivity index (χ0n) is 22.7. The first-order chi connectivity index (χ1) is 15.6. The zero-order chi connectivity index (χ0) is 24.0. The molecule has 0 aliphatic heterocycles. The van der Waals surface area contributed by atoms with E-state index in [1.165, 1.54) is 57.8 Å². The molecule has 8 atom stereocenters. The molecule has 3 heteroatoms. The fraction of sp³-hybridized carbons (Fsp3) is 0.900. The summed E-state index contributed by atoms with van der Waals surface area (Å²) in [4.78, 5) is 13.7. The Morgan fingerprint density at radius 1 is 1.06 bits per heavy atom. The molecule has 0 spiro atoms. The van der Waals surface area contributed by atoms with E-state index in [2.05, 4.69) is 40.7 Å². The SMILES string of the molecule is CC(C)CCCC(C)C1CCC2C3CC=C4CC(OC(=O)N(C)C)CC[C@]4(C)C3CC[C@]12C. The van der Waals surface area contributed by atoms with Gasteiger partial charge in [-0.25, -0.2) is 4.79 Å². The molecule has 3 fully saturated rings. The van der Waals surface area contributed by atoms with Crippen LogP contribution in [0.5, 0.6) is 0 Å². The van der Waals surface area contributed by atoms with E-state index < -0.39 is 0 Å². The van der Waals surface area contributed by atoms with E-state index in [1.807, 2.05) is 0 Å². The molecule has 4 aliphatic carbocycles. The smallest absolute Gasteiger partial charge is 0.409 e. The third-order valence-electron chi connectivity index (χ3n) is 10.9. The van der Waals surface area contributed by atoms with Gasteiger partial charge in [0.2, 0.25) is 0 Å². The van der Waals surface area contributed by atoms with Gasteiger partial charge in [0.05, 0.1) is 0 Å². The molecule has 6 unspecified atom stereocenters. The van der Waals surface area contributed by atoms with Crippen LogP contribution in [0.15, 0.2) is 11.6 Å². The number of allylic oxidation sites excluding steroid dienone is 1. The minimum absolute atomic E-state index is 0.0622. The summed E-state index contributed by atoms with van der Waals surface area (Å²) in [6.07, 6.45) is 16.9. The topological polar surface area (TPSA) is 29.5 Å². The summed E-state index contributed by atoms with van der Waals surface area (Å²) in [6, 6.07) is 0. The minimum Gasteiger partial charge on any atom is -0.446 e. The Morgan fingerprint density at radius 2 is 1.82 bits per heavy atom. The standard InChI is InChI=1S/C30H51NO2/c1-20(2)9-8-10-21(3)25-13-14-26-24-12-11-22-19-23(33-28(32)31(6)7)15-17-29(22,4)27(24)16-18-30(25,26)5/h11,20-21,23-27H,8-10,12-19H2,1-7H3/t21?,23?,24?,25?,26?,27?,29-,30+/m0/s1. The molecule has 1 amide bonds. The molecular formula is C30H51NO2. The number of hydrogen-bond donors (Lipinski definition) is 0. The number of hydrogen-bond acceptors (Lipinski definition) is 2. The third-order valence-corrected chi connectivity index (χ3v) is 10.9. The van der Waals surface area contributed by atoms with Crippen LogP contribution in [0.3, 0.4) is 0 Å². The van der Waals surface area contributed by atoms with Gasteiger partial charge < -0.3 is 9.64 Å². The predicted octanol–water partition coefficient (Wildman–Crippen LogP) is 8.09. The second kappa shape index (κ2) is 9.57. The first-order valence-corrected chi connectivity index (χ1v) is 14.1. The fourth-order valence-electron chi connectivity index (χ4n) is 9.00. The second-order valence-corrected chi connectivity index (χ2v) is 13.4. The molecule has 188 valence electrons. The number of nitrogens with zero attached hydrogens (tertiary/aromatic N) is 1. The lowest BCUT2D eigenvalue weighted by Gasteiger charge is -2.58. The van der Waals surface area contributed by atoms with Gasteiger partial charge in [0.25, 0.3) is 0 Å². The Kier molecular flexibility index (Phi) is 7.29. The number of amides is 1. The highest BCUT2D eigenvalue weighted by Gasteiger charge is 2.59. The molecule has 0 saturated heterocycles. The molecule has 33 heavy (non-hydrogen) atoms. The van der Waals surface area contributed by atoms with Gasteiger partial charge in [-0.1, -0.05) is 65.5 Å². The predicted molar refractivity (Wildman–Crippen MR) is 137 cm³/mol. The third kappa shape index (κ3) is 4.64. The van der Waals surface area contributed by atoms with Crippen molar-refractivity contribution in [2.75, 3.05) is 14.1 Å². The second-order valence-electron chi connectivity index (χ2n) is 13.4. The first kappa shape index (κ1) is 25.1. The van der Waals surface area contributed by atoms with Gasteiger partial charge in [-0.3, -0.25) is 0 Å². The van der Waals surface area contributed by atoms with Crippen LogP contribution in [-0.2, 0) is 4.74 Å². The lowest BCUT2D eigenvalue weighted by molar-refractivity contribution is -0.0589. The van der Waals surface area contributed by atoms with Gasteiger partial charge in [-0.2, -0.15) is 0 Å². The maximum absolute atomic E-state index is 12.1.